The van der Waals surface area contributed by atoms with Gasteiger partial charge in [0.25, 0.3) is 5.69 Å². The number of aryl methyl sites for hydroxylation is 1. The molecule has 5 aromatic rings. The molecule has 0 aliphatic rings. The Morgan fingerprint density at radius 2 is 1.74 bits per heavy atom. The van der Waals surface area contributed by atoms with Gasteiger partial charge in [-0.25, -0.2) is 9.18 Å². The second-order valence-corrected chi connectivity index (χ2v) is 9.87. The van der Waals surface area contributed by atoms with Crippen LogP contribution in [-0.4, -0.2) is 14.3 Å². The zero-order chi connectivity index (χ0) is 27.7. The van der Waals surface area contributed by atoms with E-state index in [4.69, 9.17) is 9.84 Å². The molecule has 0 aliphatic heterocycles. The molecule has 200 valence electrons. The molecule has 0 saturated carbocycles. The molecule has 0 spiro atoms. The van der Waals surface area contributed by atoms with Crippen LogP contribution in [0.4, 0.5) is 4.39 Å². The summed E-state index contributed by atoms with van der Waals surface area (Å²) in [7, 11) is 0. The lowest BCUT2D eigenvalue weighted by Gasteiger charge is -2.20. The second-order valence-electron chi connectivity index (χ2n) is 9.87. The van der Waals surface area contributed by atoms with Crippen molar-refractivity contribution in [3.63, 3.8) is 0 Å². The van der Waals surface area contributed by atoms with Crippen LogP contribution in [-0.2, 0) is 24.5 Å². The summed E-state index contributed by atoms with van der Waals surface area (Å²) in [6.45, 7) is 8.64. The van der Waals surface area contributed by atoms with Crippen LogP contribution < -0.4 is 10.4 Å². The molecule has 5 rings (SSSR count). The van der Waals surface area contributed by atoms with Crippen molar-refractivity contribution in [1.82, 2.24) is 14.3 Å². The number of hydrogen-bond donors (Lipinski definition) is 0. The van der Waals surface area contributed by atoms with E-state index in [0.29, 0.717) is 35.6 Å². The van der Waals surface area contributed by atoms with Crippen molar-refractivity contribution in [2.24, 2.45) is 0 Å². The van der Waals surface area contributed by atoms with E-state index in [1.165, 1.54) is 16.8 Å². The molecule has 0 amide bonds. The van der Waals surface area contributed by atoms with Gasteiger partial charge in [0, 0.05) is 18.2 Å². The summed E-state index contributed by atoms with van der Waals surface area (Å²) in [5.41, 5.74) is 3.75. The topological polar surface area (TPSA) is 76.0 Å². The van der Waals surface area contributed by atoms with Crippen molar-refractivity contribution in [2.75, 3.05) is 0 Å². The number of hydrogen-bond acceptors (Lipinski definition) is 4. The van der Waals surface area contributed by atoms with Gasteiger partial charge in [0.1, 0.15) is 18.1 Å². The van der Waals surface area contributed by atoms with Gasteiger partial charge >= 0.3 is 5.69 Å². The molecule has 3 aromatic carbocycles. The van der Waals surface area contributed by atoms with Crippen LogP contribution in [0.2, 0.25) is 0 Å². The number of benzene rings is 3. The van der Waals surface area contributed by atoms with Crippen LogP contribution in [0.3, 0.4) is 0 Å². The first-order valence-electron chi connectivity index (χ1n) is 13.1. The fourth-order valence-corrected chi connectivity index (χ4v) is 5.09. The Labute approximate surface area is 226 Å². The third-order valence-electron chi connectivity index (χ3n) is 6.94. The van der Waals surface area contributed by atoms with Crippen LogP contribution in [0.25, 0.3) is 27.8 Å². The summed E-state index contributed by atoms with van der Waals surface area (Å²) >= 11 is 0. The maximum absolute atomic E-state index is 14.4. The molecule has 0 aliphatic carbocycles. The van der Waals surface area contributed by atoms with Crippen molar-refractivity contribution < 1.29 is 13.9 Å². The maximum Gasteiger partial charge on any atom is 0.351 e. The number of nitrogens with zero attached hydrogens (tertiary/aromatic N) is 4. The molecule has 0 N–H and O–H groups in total. The second kappa shape index (κ2) is 10.8. The van der Waals surface area contributed by atoms with E-state index >= 15 is 0 Å². The molecule has 0 saturated heterocycles. The van der Waals surface area contributed by atoms with E-state index in [2.05, 4.69) is 0 Å². The van der Waals surface area contributed by atoms with Gasteiger partial charge in [-0.15, -0.1) is 5.10 Å². The van der Waals surface area contributed by atoms with E-state index in [1.54, 1.807) is 10.6 Å². The van der Waals surface area contributed by atoms with Crippen LogP contribution in [0, 0.1) is 17.9 Å². The third kappa shape index (κ3) is 4.83. The molecular weight excluding hydrogens is 495 g/mol. The Hall–Kier alpha value is -4.30. The molecule has 8 heteroatoms. The van der Waals surface area contributed by atoms with Crippen LogP contribution >= 0.6 is 0 Å². The molecule has 39 heavy (non-hydrogen) atoms. The van der Waals surface area contributed by atoms with Crippen molar-refractivity contribution in [3.05, 3.63) is 117 Å². The lowest BCUT2D eigenvalue weighted by Crippen LogP contribution is -2.35. The maximum atomic E-state index is 14.4. The van der Waals surface area contributed by atoms with E-state index < -0.39 is 5.82 Å². The molecule has 0 unspecified atom stereocenters. The van der Waals surface area contributed by atoms with E-state index in [-0.39, 0.29) is 29.4 Å². The fourth-order valence-electron chi connectivity index (χ4n) is 5.09. The van der Waals surface area contributed by atoms with Crippen LogP contribution in [0.5, 0.6) is 0 Å². The van der Waals surface area contributed by atoms with Gasteiger partial charge in [0.2, 0.25) is 5.52 Å². The Morgan fingerprint density at radius 1 is 1.03 bits per heavy atom. The molecule has 7 nitrogen and oxygen atoms in total. The summed E-state index contributed by atoms with van der Waals surface area (Å²) in [4.78, 5) is 13.8. The van der Waals surface area contributed by atoms with Gasteiger partial charge in [-0.1, -0.05) is 62.4 Å². The van der Waals surface area contributed by atoms with Gasteiger partial charge in [-0.05, 0) is 49.1 Å². The minimum absolute atomic E-state index is 0.103. The van der Waals surface area contributed by atoms with Crippen molar-refractivity contribution in [1.29, 1.82) is 0 Å². The van der Waals surface area contributed by atoms with Crippen LogP contribution in [0.1, 0.15) is 49.2 Å². The van der Waals surface area contributed by atoms with Gasteiger partial charge < -0.3 is 9.94 Å². The summed E-state index contributed by atoms with van der Waals surface area (Å²) in [5.74, 6) is -0.149. The normalized spacial score (nSPS) is 11.5. The molecule has 2 aromatic heterocycles. The quantitative estimate of drug-likeness (QED) is 0.189. The average molecular weight is 527 g/mol. The number of aromatic nitrogens is 4. The molecular formula is C31H31FN4O3. The van der Waals surface area contributed by atoms with E-state index in [0.717, 1.165) is 21.4 Å². The van der Waals surface area contributed by atoms with Crippen molar-refractivity contribution >= 4 is 10.9 Å². The summed E-state index contributed by atoms with van der Waals surface area (Å²) in [5, 5.41) is 19.3. The predicted molar refractivity (Wildman–Crippen MR) is 149 cm³/mol. The number of pyridine rings is 1. The number of halogens is 1. The standard InChI is InChI=1S/C31H31FN4O3/c1-5-34-27(19-39-18-22-12-7-6-8-13-22)33-35(31(34)37)30-28(20(2)3)25-16-15-23(32)17-26(25)36(38)29(30)24-14-10-9-11-21(24)4/h6-17,20H,5,18-19H2,1-4H3. The lowest BCUT2D eigenvalue weighted by atomic mass is 9.92. The number of fused-ring (bicyclic) bond motifs is 1. The lowest BCUT2D eigenvalue weighted by molar-refractivity contribution is -0.564. The predicted octanol–water partition coefficient (Wildman–Crippen LogP) is 5.80. The SMILES string of the molecule is CCn1c(COCc2ccccc2)nn(-c2c(C(C)C)c3ccc(F)cc3[n+]([O-])c2-c2ccccc2C)c1=O. The number of ether oxygens (including phenoxy) is 1. The highest BCUT2D eigenvalue weighted by molar-refractivity contribution is 5.88. The zero-order valence-electron chi connectivity index (χ0n) is 22.5. The van der Waals surface area contributed by atoms with Gasteiger partial charge in [0.15, 0.2) is 5.82 Å². The van der Waals surface area contributed by atoms with Crippen molar-refractivity contribution in [2.45, 2.75) is 53.4 Å². The largest absolute Gasteiger partial charge is 0.618 e. The first-order valence-corrected chi connectivity index (χ1v) is 13.1. The highest BCUT2D eigenvalue weighted by atomic mass is 19.1. The monoisotopic (exact) mass is 526 g/mol. The average Bonchev–Trinajstić information content (AvgIpc) is 3.24. The number of rotatable bonds is 8. The van der Waals surface area contributed by atoms with E-state index in [9.17, 15) is 14.4 Å². The fraction of sp³-hybridized carbons (Fsp3) is 0.258. The minimum Gasteiger partial charge on any atom is -0.618 e. The Morgan fingerprint density at radius 3 is 2.44 bits per heavy atom. The van der Waals surface area contributed by atoms with Crippen molar-refractivity contribution in [3.8, 4) is 16.9 Å². The first-order chi connectivity index (χ1) is 18.8. The highest BCUT2D eigenvalue weighted by Crippen LogP contribution is 2.36. The Kier molecular flexibility index (Phi) is 7.30. The van der Waals surface area contributed by atoms with Gasteiger partial charge in [0.05, 0.1) is 17.6 Å². The molecule has 0 atom stereocenters. The Balaban J connectivity index is 1.76. The summed E-state index contributed by atoms with van der Waals surface area (Å²) in [6.07, 6.45) is 0. The molecule has 2 heterocycles. The van der Waals surface area contributed by atoms with Crippen LogP contribution in [0.15, 0.2) is 77.6 Å². The Bertz CT molecular complexity index is 1710. The third-order valence-corrected chi connectivity index (χ3v) is 6.94. The van der Waals surface area contributed by atoms with E-state index in [1.807, 2.05) is 82.3 Å². The zero-order valence-corrected chi connectivity index (χ0v) is 22.5. The summed E-state index contributed by atoms with van der Waals surface area (Å²) in [6, 6.07) is 21.4. The molecule has 0 bridgehead atoms. The molecule has 0 fully saturated rings. The molecule has 0 radical (unpaired) electrons. The summed E-state index contributed by atoms with van der Waals surface area (Å²) < 4.78 is 23.9. The minimum atomic E-state index is -0.504. The smallest absolute Gasteiger partial charge is 0.351 e. The first kappa shape index (κ1) is 26.3. The van der Waals surface area contributed by atoms with Gasteiger partial charge in [-0.2, -0.15) is 9.41 Å². The van der Waals surface area contributed by atoms with Gasteiger partial charge in [-0.3, -0.25) is 4.57 Å². The highest BCUT2D eigenvalue weighted by Gasteiger charge is 2.31.